The van der Waals surface area contributed by atoms with E-state index in [9.17, 15) is 13.2 Å². The van der Waals surface area contributed by atoms with Crippen LogP contribution in [0.1, 0.15) is 17.5 Å². The van der Waals surface area contributed by atoms with Gasteiger partial charge in [-0.25, -0.2) is 13.4 Å². The number of carboxylic acids is 1. The normalized spacial score (nSPS) is 11.4. The Bertz CT molecular complexity index is 492. The average molecular weight is 264 g/mol. The molecule has 1 aromatic rings. The van der Waals surface area contributed by atoms with Crippen molar-refractivity contribution in [2.45, 2.75) is 20.3 Å². The van der Waals surface area contributed by atoms with Gasteiger partial charge in [-0.2, -0.15) is 0 Å². The number of hydrogen-bond acceptors (Lipinski definition) is 5. The lowest BCUT2D eigenvalue weighted by molar-refractivity contribution is -0.134. The Kier molecular flexibility index (Phi) is 3.87. The maximum absolute atomic E-state index is 11.3. The molecular weight excluding hydrogens is 252 g/mol. The number of sulfonamides is 1. The third-order valence-electron chi connectivity index (χ3n) is 1.78. The van der Waals surface area contributed by atoms with Gasteiger partial charge in [-0.3, -0.25) is 9.52 Å². The van der Waals surface area contributed by atoms with Crippen molar-refractivity contribution in [1.29, 1.82) is 0 Å². The second-order valence-electron chi connectivity index (χ2n) is 3.13. The van der Waals surface area contributed by atoms with E-state index in [1.165, 1.54) is 11.3 Å². The lowest BCUT2D eigenvalue weighted by Gasteiger charge is -2.00. The molecule has 2 N–H and O–H groups in total. The lowest BCUT2D eigenvalue weighted by atomic mass is 10.3. The van der Waals surface area contributed by atoms with Crippen LogP contribution in [-0.4, -0.2) is 30.2 Å². The Hall–Kier alpha value is -1.15. The van der Waals surface area contributed by atoms with Gasteiger partial charge in [0.25, 0.3) is 0 Å². The fourth-order valence-electron chi connectivity index (χ4n) is 1.13. The van der Waals surface area contributed by atoms with Gasteiger partial charge in [-0.1, -0.05) is 6.92 Å². The van der Waals surface area contributed by atoms with Gasteiger partial charge < -0.3 is 5.11 Å². The van der Waals surface area contributed by atoms with Gasteiger partial charge in [-0.15, -0.1) is 11.3 Å². The fraction of sp³-hybridized carbons (Fsp3) is 0.500. The smallest absolute Gasteiger partial charge is 0.320 e. The molecule has 1 rings (SSSR count). The Labute approximate surface area is 97.4 Å². The van der Waals surface area contributed by atoms with E-state index in [-0.39, 0.29) is 5.13 Å². The van der Waals surface area contributed by atoms with Gasteiger partial charge in [0, 0.05) is 4.88 Å². The summed E-state index contributed by atoms with van der Waals surface area (Å²) in [7, 11) is -3.85. The first kappa shape index (κ1) is 12.9. The molecule has 0 unspecified atom stereocenters. The molecule has 0 amide bonds. The van der Waals surface area contributed by atoms with Gasteiger partial charge in [0.05, 0.1) is 5.69 Å². The summed E-state index contributed by atoms with van der Waals surface area (Å²) in [5, 5.41) is 8.62. The number of nitrogens with one attached hydrogen (secondary N) is 1. The van der Waals surface area contributed by atoms with Crippen molar-refractivity contribution in [3.8, 4) is 0 Å². The van der Waals surface area contributed by atoms with Gasteiger partial charge in [0.15, 0.2) is 10.9 Å². The number of rotatable bonds is 5. The standard InChI is InChI=1S/C8H12N2O4S2/c1-3-6-5(2)15-8(9-6)10-16(13,14)4-7(11)12/h3-4H2,1-2H3,(H,9,10)(H,11,12). The molecule has 0 atom stereocenters. The number of carboxylic acid groups (broad SMARTS) is 1. The first-order valence-electron chi connectivity index (χ1n) is 4.52. The number of anilines is 1. The summed E-state index contributed by atoms with van der Waals surface area (Å²) in [6, 6.07) is 0. The summed E-state index contributed by atoms with van der Waals surface area (Å²) < 4.78 is 24.7. The summed E-state index contributed by atoms with van der Waals surface area (Å²) in [4.78, 5) is 15.3. The van der Waals surface area contributed by atoms with Crippen molar-refractivity contribution in [1.82, 2.24) is 4.98 Å². The molecule has 6 nitrogen and oxygen atoms in total. The molecule has 90 valence electrons. The number of aliphatic carboxylic acids is 1. The lowest BCUT2D eigenvalue weighted by Crippen LogP contribution is -2.22. The highest BCUT2D eigenvalue weighted by Gasteiger charge is 2.17. The van der Waals surface area contributed by atoms with Gasteiger partial charge in [-0.05, 0) is 13.3 Å². The monoisotopic (exact) mass is 264 g/mol. The minimum Gasteiger partial charge on any atom is -0.480 e. The molecule has 1 heterocycles. The molecule has 0 aliphatic carbocycles. The number of aromatic nitrogens is 1. The third kappa shape index (κ3) is 3.46. The minimum atomic E-state index is -3.85. The van der Waals surface area contributed by atoms with E-state index >= 15 is 0 Å². The third-order valence-corrected chi connectivity index (χ3v) is 3.97. The summed E-state index contributed by atoms with van der Waals surface area (Å²) >= 11 is 1.20. The molecule has 0 aromatic carbocycles. The van der Waals surface area contributed by atoms with E-state index in [1.54, 1.807) is 0 Å². The second-order valence-corrected chi connectivity index (χ2v) is 6.06. The molecule has 1 aromatic heterocycles. The van der Waals surface area contributed by atoms with E-state index in [1.807, 2.05) is 13.8 Å². The molecule has 16 heavy (non-hydrogen) atoms. The summed E-state index contributed by atoms with van der Waals surface area (Å²) in [5.41, 5.74) is 0.818. The SMILES string of the molecule is CCc1nc(NS(=O)(=O)CC(=O)O)sc1C. The topological polar surface area (TPSA) is 96.4 Å². The highest BCUT2D eigenvalue weighted by Crippen LogP contribution is 2.23. The maximum Gasteiger partial charge on any atom is 0.320 e. The number of hydrogen-bond donors (Lipinski definition) is 2. The van der Waals surface area contributed by atoms with Crippen molar-refractivity contribution in [2.24, 2.45) is 0 Å². The molecule has 8 heteroatoms. The second kappa shape index (κ2) is 4.79. The summed E-state index contributed by atoms with van der Waals surface area (Å²) in [6.45, 7) is 3.75. The van der Waals surface area contributed by atoms with Crippen LogP contribution in [0.15, 0.2) is 0 Å². The number of nitrogens with zero attached hydrogens (tertiary/aromatic N) is 1. The van der Waals surface area contributed by atoms with Crippen molar-refractivity contribution < 1.29 is 18.3 Å². The Balaban J connectivity index is 2.84. The van der Waals surface area contributed by atoms with E-state index in [4.69, 9.17) is 5.11 Å². The van der Waals surface area contributed by atoms with Crippen LogP contribution in [0.4, 0.5) is 5.13 Å². The largest absolute Gasteiger partial charge is 0.480 e. The molecule has 0 fully saturated rings. The summed E-state index contributed by atoms with van der Waals surface area (Å²) in [6.07, 6.45) is 0.711. The summed E-state index contributed by atoms with van der Waals surface area (Å²) in [5.74, 6) is -2.34. The number of carbonyl (C=O) groups is 1. The minimum absolute atomic E-state index is 0.218. The first-order valence-corrected chi connectivity index (χ1v) is 6.99. The van der Waals surface area contributed by atoms with Crippen molar-refractivity contribution in [3.63, 3.8) is 0 Å². The van der Waals surface area contributed by atoms with E-state index in [0.717, 1.165) is 10.6 Å². The van der Waals surface area contributed by atoms with Crippen molar-refractivity contribution in [3.05, 3.63) is 10.6 Å². The highest BCUT2D eigenvalue weighted by atomic mass is 32.2. The van der Waals surface area contributed by atoms with E-state index < -0.39 is 21.7 Å². The maximum atomic E-state index is 11.3. The molecule has 0 saturated heterocycles. The Morgan fingerprint density at radius 3 is 2.62 bits per heavy atom. The van der Waals surface area contributed by atoms with Crippen molar-refractivity contribution in [2.75, 3.05) is 10.5 Å². The Morgan fingerprint density at radius 2 is 2.19 bits per heavy atom. The van der Waals surface area contributed by atoms with E-state index in [2.05, 4.69) is 9.71 Å². The van der Waals surface area contributed by atoms with Crippen LogP contribution in [0.25, 0.3) is 0 Å². The van der Waals surface area contributed by atoms with Crippen LogP contribution >= 0.6 is 11.3 Å². The molecule has 0 saturated carbocycles. The van der Waals surface area contributed by atoms with Crippen LogP contribution < -0.4 is 4.72 Å². The molecule has 0 radical (unpaired) electrons. The van der Waals surface area contributed by atoms with E-state index in [0.29, 0.717) is 6.42 Å². The number of aryl methyl sites for hydroxylation is 2. The first-order chi connectivity index (χ1) is 7.34. The van der Waals surface area contributed by atoms with Crippen molar-refractivity contribution >= 4 is 32.5 Å². The van der Waals surface area contributed by atoms with Crippen LogP contribution in [0.3, 0.4) is 0 Å². The number of thiazole rings is 1. The zero-order chi connectivity index (χ0) is 12.3. The molecular formula is C8H12N2O4S2. The zero-order valence-corrected chi connectivity index (χ0v) is 10.5. The highest BCUT2D eigenvalue weighted by molar-refractivity contribution is 7.93. The fourth-order valence-corrected chi connectivity index (χ4v) is 3.14. The Morgan fingerprint density at radius 1 is 1.56 bits per heavy atom. The predicted molar refractivity (Wildman–Crippen MR) is 61.3 cm³/mol. The van der Waals surface area contributed by atoms with Gasteiger partial charge >= 0.3 is 5.97 Å². The molecule has 0 aliphatic rings. The molecule has 0 aliphatic heterocycles. The predicted octanol–water partition coefficient (Wildman–Crippen LogP) is 0.840. The van der Waals surface area contributed by atoms with Gasteiger partial charge in [0.2, 0.25) is 10.0 Å². The quantitative estimate of drug-likeness (QED) is 0.821. The average Bonchev–Trinajstić information content (AvgIpc) is 2.42. The molecule has 0 spiro atoms. The van der Waals surface area contributed by atoms with Crippen LogP contribution in [-0.2, 0) is 21.2 Å². The zero-order valence-electron chi connectivity index (χ0n) is 8.85. The van der Waals surface area contributed by atoms with Gasteiger partial charge in [0.1, 0.15) is 0 Å². The van der Waals surface area contributed by atoms with Crippen LogP contribution in [0, 0.1) is 6.92 Å². The molecule has 0 bridgehead atoms. The van der Waals surface area contributed by atoms with Crippen LogP contribution in [0.2, 0.25) is 0 Å². The van der Waals surface area contributed by atoms with Crippen LogP contribution in [0.5, 0.6) is 0 Å².